The Hall–Kier alpha value is -5.70. The molecule has 4 heterocycles. The first-order chi connectivity index (χ1) is 29.7. The van der Waals surface area contributed by atoms with Gasteiger partial charge in [0, 0.05) is 75.6 Å². The number of nitrogens with zero attached hydrogens (tertiary/aromatic N) is 4. The number of carbonyl (C=O) groups is 4. The van der Waals surface area contributed by atoms with Gasteiger partial charge in [-0.2, -0.15) is 61.5 Å². The molecule has 340 valence electrons. The number of hydrogen-bond acceptors (Lipinski definition) is 6. The molecule has 8 nitrogen and oxygen atoms in total. The lowest BCUT2D eigenvalue weighted by Crippen LogP contribution is -2.59. The number of hydrogen-bond donors (Lipinski definition) is 0. The second-order valence-corrected chi connectivity index (χ2v) is 16.5. The van der Waals surface area contributed by atoms with E-state index in [9.17, 15) is 71.9 Å². The largest absolute Gasteiger partial charge is 0.459 e. The van der Waals surface area contributed by atoms with E-state index in [0.717, 1.165) is 25.0 Å². The maximum Gasteiger partial charge on any atom is 0.459 e. The zero-order valence-corrected chi connectivity index (χ0v) is 32.7. The lowest BCUT2D eigenvalue weighted by molar-refractivity contribution is -0.354. The lowest BCUT2D eigenvalue weighted by Gasteiger charge is -2.38. The van der Waals surface area contributed by atoms with E-state index in [4.69, 9.17) is 0 Å². The summed E-state index contributed by atoms with van der Waals surface area (Å²) < 4.78 is 196. The molecular weight excluding hydrogens is 890 g/mol. The number of fused-ring (bicyclic) bond motifs is 2. The van der Waals surface area contributed by atoms with E-state index in [1.807, 2.05) is 0 Å². The Morgan fingerprint density at radius 1 is 0.391 bits per heavy atom. The average Bonchev–Trinajstić information content (AvgIpc) is 3.23. The summed E-state index contributed by atoms with van der Waals surface area (Å²) in [4.78, 5) is 59.2. The van der Waals surface area contributed by atoms with Gasteiger partial charge in [0.1, 0.15) is 0 Å². The van der Waals surface area contributed by atoms with E-state index in [1.165, 1.54) is 24.3 Å². The fourth-order valence-corrected chi connectivity index (χ4v) is 9.59. The van der Waals surface area contributed by atoms with Gasteiger partial charge in [0.25, 0.3) is 23.6 Å². The van der Waals surface area contributed by atoms with Crippen LogP contribution >= 0.6 is 0 Å². The van der Waals surface area contributed by atoms with Crippen LogP contribution in [-0.4, -0.2) is 109 Å². The predicted molar refractivity (Wildman–Crippen MR) is 202 cm³/mol. The van der Waals surface area contributed by atoms with Crippen molar-refractivity contribution in [2.45, 2.75) is 74.6 Å². The summed E-state index contributed by atoms with van der Waals surface area (Å²) in [5.41, 5.74) is -1.64. The Bertz CT molecular complexity index is 2700. The number of alkyl halides is 14. The van der Waals surface area contributed by atoms with Gasteiger partial charge in [-0.05, 0) is 78.9 Å². The molecule has 0 saturated carbocycles. The summed E-state index contributed by atoms with van der Waals surface area (Å²) in [5.74, 6) is -31.7. The third-order valence-corrected chi connectivity index (χ3v) is 12.7. The van der Waals surface area contributed by atoms with E-state index in [0.29, 0.717) is 51.9 Å². The number of rotatable bonds is 8. The highest BCUT2D eigenvalue weighted by atomic mass is 19.4. The third-order valence-electron chi connectivity index (χ3n) is 12.7. The Kier molecular flexibility index (Phi) is 9.46. The first kappa shape index (κ1) is 43.5. The van der Waals surface area contributed by atoms with Gasteiger partial charge in [-0.1, -0.05) is 12.1 Å². The van der Waals surface area contributed by atoms with E-state index >= 15 is 8.78 Å². The summed E-state index contributed by atoms with van der Waals surface area (Å²) in [7, 11) is 0. The molecule has 0 radical (unpaired) electrons. The van der Waals surface area contributed by atoms with Crippen LogP contribution in [0.4, 0.5) is 72.8 Å². The molecule has 9 rings (SSSR count). The molecule has 0 bridgehead atoms. The molecule has 5 aromatic rings. The Morgan fingerprint density at radius 2 is 0.719 bits per heavy atom. The van der Waals surface area contributed by atoms with E-state index in [1.54, 1.807) is 9.80 Å². The van der Waals surface area contributed by atoms with Crippen molar-refractivity contribution in [2.24, 2.45) is 0 Å². The maximum absolute atomic E-state index is 15.1. The normalized spacial score (nSPS) is 18.6. The first-order valence-electron chi connectivity index (χ1n) is 19.9. The standard InChI is InChI=1S/C42H30F14N4O4/c43-37(44,39(47,48)41(51,52)53)17-59-33(61)21-9-7-19-27-20(8-10-22(28(21)27)34(59)62)31-26(58-13-5-2-6-14-58)16-24-29-23(15-25(30(19)32(29)31)57-11-3-1-4-12-57)35(63)60(36(24)64)18-38(45,46)40(49,50)42(54,55)56/h7-10,15-16H,1-6,11-14,17-18H2. The van der Waals surface area contributed by atoms with Gasteiger partial charge in [0.05, 0.1) is 24.2 Å². The van der Waals surface area contributed by atoms with Crippen LogP contribution in [0.3, 0.4) is 0 Å². The summed E-state index contributed by atoms with van der Waals surface area (Å²) >= 11 is 0. The minimum Gasteiger partial charge on any atom is -0.371 e. The van der Waals surface area contributed by atoms with Gasteiger partial charge in [-0.15, -0.1) is 0 Å². The second kappa shape index (κ2) is 13.9. The minimum atomic E-state index is -6.77. The van der Waals surface area contributed by atoms with Gasteiger partial charge in [0.15, 0.2) is 0 Å². The number of amides is 4. The van der Waals surface area contributed by atoms with Gasteiger partial charge in [-0.25, -0.2) is 0 Å². The van der Waals surface area contributed by atoms with Crippen LogP contribution in [0.1, 0.15) is 80.0 Å². The number of anilines is 2. The molecule has 0 atom stereocenters. The Balaban J connectivity index is 1.34. The molecule has 0 unspecified atom stereocenters. The maximum atomic E-state index is 15.1. The minimum absolute atomic E-state index is 0.111. The van der Waals surface area contributed by atoms with Gasteiger partial charge >= 0.3 is 36.0 Å². The number of piperidine rings is 2. The molecule has 2 saturated heterocycles. The number of carbonyl (C=O) groups excluding carboxylic acids is 4. The monoisotopic (exact) mass is 920 g/mol. The zero-order chi connectivity index (χ0) is 46.4. The van der Waals surface area contributed by atoms with Crippen LogP contribution in [0.15, 0.2) is 36.4 Å². The highest BCUT2D eigenvalue weighted by Crippen LogP contribution is 2.54. The van der Waals surface area contributed by atoms with Crippen LogP contribution in [0, 0.1) is 0 Å². The van der Waals surface area contributed by atoms with Crippen LogP contribution in [-0.2, 0) is 0 Å². The fourth-order valence-electron chi connectivity index (χ4n) is 9.59. The van der Waals surface area contributed by atoms with Crippen molar-refractivity contribution in [3.8, 4) is 0 Å². The first-order valence-corrected chi connectivity index (χ1v) is 19.9. The van der Waals surface area contributed by atoms with Crippen molar-refractivity contribution in [2.75, 3.05) is 49.1 Å². The quantitative estimate of drug-likeness (QED) is 0.0668. The van der Waals surface area contributed by atoms with Crippen molar-refractivity contribution in [1.82, 2.24) is 9.80 Å². The third kappa shape index (κ3) is 5.94. The number of halogens is 14. The Morgan fingerprint density at radius 3 is 1.06 bits per heavy atom. The molecule has 4 aliphatic heterocycles. The molecule has 64 heavy (non-hydrogen) atoms. The number of imide groups is 2. The predicted octanol–water partition coefficient (Wildman–Crippen LogP) is 10.6. The Labute approximate surface area is 350 Å². The van der Waals surface area contributed by atoms with Crippen LogP contribution < -0.4 is 9.80 Å². The lowest BCUT2D eigenvalue weighted by atomic mass is 9.80. The SMILES string of the molecule is O=C1c2ccc3c4c(N5CCCCC5)cc5c6c(cc(N7CCCCC7)c(c7ccc(c2c37)C(=O)N1CC(F)(F)C(F)(F)C(F)(F)F)c64)C(=O)N(CC(F)(F)C(F)(F)C(F)(F)F)C5=O. The molecular formula is C42H30F14N4O4. The molecule has 4 aliphatic rings. The molecule has 4 amide bonds. The van der Waals surface area contributed by atoms with Gasteiger partial charge in [-0.3, -0.25) is 29.0 Å². The van der Waals surface area contributed by atoms with Crippen molar-refractivity contribution in [3.63, 3.8) is 0 Å². The van der Waals surface area contributed by atoms with E-state index in [2.05, 4.69) is 0 Å². The van der Waals surface area contributed by atoms with E-state index in [-0.39, 0.29) is 59.4 Å². The van der Waals surface area contributed by atoms with E-state index < -0.39 is 99.9 Å². The molecule has 0 spiro atoms. The topological polar surface area (TPSA) is 81.2 Å². The molecule has 0 aliphatic carbocycles. The number of benzene rings is 5. The summed E-state index contributed by atoms with van der Waals surface area (Å²) in [6.07, 6.45) is -9.76. The smallest absolute Gasteiger partial charge is 0.371 e. The van der Waals surface area contributed by atoms with Crippen LogP contribution in [0.2, 0.25) is 0 Å². The summed E-state index contributed by atoms with van der Waals surface area (Å²) in [6.45, 7) is -4.09. The molecule has 0 aromatic heterocycles. The summed E-state index contributed by atoms with van der Waals surface area (Å²) in [6, 6.07) is 7.05. The fraction of sp³-hybridized carbons (Fsp3) is 0.429. The highest BCUT2D eigenvalue weighted by Gasteiger charge is 2.74. The van der Waals surface area contributed by atoms with Crippen LogP contribution in [0.5, 0.6) is 0 Å². The highest BCUT2D eigenvalue weighted by molar-refractivity contribution is 6.44. The molecule has 2 fully saturated rings. The molecule has 5 aromatic carbocycles. The molecule has 0 N–H and O–H groups in total. The van der Waals surface area contributed by atoms with Crippen molar-refractivity contribution >= 4 is 78.1 Å². The van der Waals surface area contributed by atoms with Gasteiger partial charge in [0.2, 0.25) is 0 Å². The van der Waals surface area contributed by atoms with Crippen molar-refractivity contribution in [1.29, 1.82) is 0 Å². The average molecular weight is 921 g/mol. The van der Waals surface area contributed by atoms with Crippen LogP contribution in [0.25, 0.3) is 43.1 Å². The zero-order valence-electron chi connectivity index (χ0n) is 32.7. The molecule has 22 heteroatoms. The van der Waals surface area contributed by atoms with Crippen molar-refractivity contribution in [3.05, 3.63) is 58.7 Å². The summed E-state index contributed by atoms with van der Waals surface area (Å²) in [5, 5.41) is 0.768. The van der Waals surface area contributed by atoms with Crippen molar-refractivity contribution < 1.29 is 80.6 Å². The van der Waals surface area contributed by atoms with Gasteiger partial charge < -0.3 is 9.80 Å². The second-order valence-electron chi connectivity index (χ2n) is 16.5.